The average Bonchev–Trinajstić information content (AvgIpc) is 2.80. The number of hydrogen-bond acceptors (Lipinski definition) is 0. The summed E-state index contributed by atoms with van der Waals surface area (Å²) >= 11 is 0. The van der Waals surface area contributed by atoms with Crippen molar-refractivity contribution < 1.29 is 54.0 Å². The van der Waals surface area contributed by atoms with Gasteiger partial charge in [-0.25, -0.2) is 35.1 Å². The van der Waals surface area contributed by atoms with Gasteiger partial charge in [-0.1, -0.05) is 24.3 Å². The van der Waals surface area contributed by atoms with Crippen molar-refractivity contribution in [2.75, 3.05) is 0 Å². The summed E-state index contributed by atoms with van der Waals surface area (Å²) in [6.07, 6.45) is -3.39. The molecule has 10 heteroatoms. The molecule has 0 amide bonds. The molecule has 4 rings (SSSR count). The summed E-state index contributed by atoms with van der Waals surface area (Å²) in [6.45, 7) is 4.95. The van der Waals surface area contributed by atoms with E-state index in [1.165, 1.54) is 27.7 Å². The number of rotatable bonds is 4. The van der Waals surface area contributed by atoms with Crippen LogP contribution in [0.5, 0.6) is 0 Å². The van der Waals surface area contributed by atoms with Crippen molar-refractivity contribution >= 4 is 28.0 Å². The zero-order chi connectivity index (χ0) is 27.4. The molecule has 0 aliphatic heterocycles. The number of halogens is 8. The fourth-order valence-corrected chi connectivity index (χ4v) is 5.47. The standard InChI is InChI=1S/C28H20BF8.Li/c1-13-21(5-17(30)9-25(13)34)29(22-6-18(31)10-26(35)14(22)2,23-7-19(32)11-27(36)15(23)3)24-8-20(33)12-28(37)16(24)4;/h5-12H,1-4H3;/q-1;+1. The minimum Gasteiger partial charge on any atom is -0.207 e. The van der Waals surface area contributed by atoms with E-state index in [0.29, 0.717) is 24.3 Å². The Morgan fingerprint density at radius 2 is 0.553 bits per heavy atom. The molecule has 4 aromatic carbocycles. The van der Waals surface area contributed by atoms with E-state index in [2.05, 4.69) is 0 Å². The van der Waals surface area contributed by atoms with Gasteiger partial charge in [0.05, 0.1) is 0 Å². The summed E-state index contributed by atoms with van der Waals surface area (Å²) in [5.41, 5.74) is -2.09. The van der Waals surface area contributed by atoms with Crippen molar-refractivity contribution in [1.29, 1.82) is 0 Å². The van der Waals surface area contributed by atoms with Gasteiger partial charge in [0.1, 0.15) is 52.7 Å². The Hall–Kier alpha value is -3.02. The Bertz CT molecular complexity index is 1330. The van der Waals surface area contributed by atoms with Gasteiger partial charge in [-0.15, -0.1) is 0 Å². The van der Waals surface area contributed by atoms with Crippen LogP contribution in [0.1, 0.15) is 22.3 Å². The van der Waals surface area contributed by atoms with Gasteiger partial charge in [0.25, 0.3) is 0 Å². The van der Waals surface area contributed by atoms with Crippen LogP contribution in [0.4, 0.5) is 35.1 Å². The summed E-state index contributed by atoms with van der Waals surface area (Å²) in [4.78, 5) is 0. The Morgan fingerprint density at radius 1 is 0.368 bits per heavy atom. The molecule has 0 saturated carbocycles. The molecule has 0 aliphatic rings. The van der Waals surface area contributed by atoms with E-state index in [1.54, 1.807) is 0 Å². The van der Waals surface area contributed by atoms with Gasteiger partial charge in [0, 0.05) is 24.3 Å². The van der Waals surface area contributed by atoms with Crippen molar-refractivity contribution in [3.63, 3.8) is 0 Å². The maximum Gasteiger partial charge on any atom is 1.00 e. The molecule has 0 atom stereocenters. The molecule has 0 aliphatic carbocycles. The Morgan fingerprint density at radius 3 is 0.737 bits per heavy atom. The third-order valence-electron chi connectivity index (χ3n) is 7.26. The minimum absolute atomic E-state index is 0. The quantitative estimate of drug-likeness (QED) is 0.283. The first kappa shape index (κ1) is 29.5. The molecular weight excluding hydrogens is 506 g/mol. The fraction of sp³-hybridized carbons (Fsp3) is 0.143. The predicted octanol–water partition coefficient (Wildman–Crippen LogP) is 2.41. The van der Waals surface area contributed by atoms with E-state index in [-0.39, 0.29) is 63.0 Å². The molecule has 0 aromatic heterocycles. The molecule has 0 spiro atoms. The molecule has 192 valence electrons. The maximum absolute atomic E-state index is 15.0. The van der Waals surface area contributed by atoms with Crippen molar-refractivity contribution in [2.24, 2.45) is 0 Å². The zero-order valence-electron chi connectivity index (χ0n) is 21.2. The second-order valence-electron chi connectivity index (χ2n) is 9.27. The first-order valence-electron chi connectivity index (χ1n) is 11.3. The largest absolute Gasteiger partial charge is 1.00 e. The number of benzene rings is 4. The normalized spacial score (nSPS) is 11.5. The molecule has 0 saturated heterocycles. The van der Waals surface area contributed by atoms with Crippen molar-refractivity contribution in [1.82, 2.24) is 0 Å². The van der Waals surface area contributed by atoms with Crippen LogP contribution in [0.2, 0.25) is 0 Å². The molecule has 0 nitrogen and oxygen atoms in total. The SMILES string of the molecule is Cc1c(F)cc(F)cc1[B-](c1cc(F)cc(F)c1C)(c1cc(F)cc(F)c1C)c1cc(F)cc(F)c1C.[Li+]. The van der Waals surface area contributed by atoms with Gasteiger partial charge in [-0.2, -0.15) is 21.9 Å². The number of hydrogen-bond donors (Lipinski definition) is 0. The van der Waals surface area contributed by atoms with Crippen LogP contribution in [0.25, 0.3) is 0 Å². The zero-order valence-corrected chi connectivity index (χ0v) is 21.2. The Labute approximate surface area is 226 Å². The van der Waals surface area contributed by atoms with E-state index in [4.69, 9.17) is 0 Å². The second kappa shape index (κ2) is 10.6. The van der Waals surface area contributed by atoms with E-state index in [1.807, 2.05) is 0 Å². The van der Waals surface area contributed by atoms with Crippen LogP contribution >= 0.6 is 0 Å². The van der Waals surface area contributed by atoms with Gasteiger partial charge < -0.3 is 0 Å². The van der Waals surface area contributed by atoms with Crippen molar-refractivity contribution in [3.8, 4) is 0 Å². The minimum atomic E-state index is -3.39. The first-order valence-corrected chi connectivity index (χ1v) is 11.3. The van der Waals surface area contributed by atoms with Crippen LogP contribution in [-0.4, -0.2) is 6.15 Å². The molecule has 0 unspecified atom stereocenters. The van der Waals surface area contributed by atoms with E-state index >= 15 is 17.6 Å². The van der Waals surface area contributed by atoms with Gasteiger partial charge in [-0.05, 0) is 49.9 Å². The molecule has 4 aromatic rings. The molecule has 0 N–H and O–H groups in total. The van der Waals surface area contributed by atoms with E-state index < -0.39 is 52.7 Å². The summed E-state index contributed by atoms with van der Waals surface area (Å²) in [5.74, 6) is -8.71. The molecule has 38 heavy (non-hydrogen) atoms. The molecule has 0 bridgehead atoms. The fourth-order valence-electron chi connectivity index (χ4n) is 5.47. The predicted molar refractivity (Wildman–Crippen MR) is 129 cm³/mol. The van der Waals surface area contributed by atoms with Crippen LogP contribution < -0.4 is 40.7 Å². The smallest absolute Gasteiger partial charge is 0.207 e. The van der Waals surface area contributed by atoms with Crippen LogP contribution in [0, 0.1) is 74.2 Å². The molecular formula is C28H20BF8Li. The first-order chi connectivity index (χ1) is 17.3. The summed E-state index contributed by atoms with van der Waals surface area (Å²) < 4.78 is 119. The van der Waals surface area contributed by atoms with Crippen LogP contribution in [0.15, 0.2) is 48.5 Å². The summed E-state index contributed by atoms with van der Waals surface area (Å²) in [7, 11) is 0. The average molecular weight is 526 g/mol. The molecule has 0 fully saturated rings. The topological polar surface area (TPSA) is 0 Å². The van der Waals surface area contributed by atoms with Crippen LogP contribution in [0.3, 0.4) is 0 Å². The van der Waals surface area contributed by atoms with Gasteiger partial charge in [0.15, 0.2) is 0 Å². The van der Waals surface area contributed by atoms with Gasteiger partial charge in [-0.3, -0.25) is 0 Å². The molecule has 0 heterocycles. The third-order valence-corrected chi connectivity index (χ3v) is 7.26. The van der Waals surface area contributed by atoms with Crippen LogP contribution in [-0.2, 0) is 0 Å². The van der Waals surface area contributed by atoms with Crippen molar-refractivity contribution in [3.05, 3.63) is 117 Å². The van der Waals surface area contributed by atoms with Gasteiger partial charge in [0.2, 0.25) is 0 Å². The Balaban J connectivity index is 0.00000400. The summed E-state index contributed by atoms with van der Waals surface area (Å²) in [5, 5.41) is 0. The Kier molecular flexibility index (Phi) is 8.26. The molecule has 0 radical (unpaired) electrons. The summed E-state index contributed by atoms with van der Waals surface area (Å²) in [6, 6.07) is 5.67. The maximum atomic E-state index is 15.0. The monoisotopic (exact) mass is 526 g/mol. The van der Waals surface area contributed by atoms with E-state index in [0.717, 1.165) is 24.3 Å². The van der Waals surface area contributed by atoms with E-state index in [9.17, 15) is 17.6 Å². The second-order valence-corrected chi connectivity index (χ2v) is 9.27. The third kappa shape index (κ3) is 4.67. The van der Waals surface area contributed by atoms with Gasteiger partial charge >= 0.3 is 18.9 Å². The van der Waals surface area contributed by atoms with Crippen molar-refractivity contribution in [2.45, 2.75) is 27.7 Å².